The number of rotatable bonds is 17. The van der Waals surface area contributed by atoms with Gasteiger partial charge in [0, 0.05) is 38.8 Å². The van der Waals surface area contributed by atoms with Gasteiger partial charge in [-0.3, -0.25) is 9.78 Å². The molecule has 4 amide bonds. The second-order valence-corrected chi connectivity index (χ2v) is 14.1. The first-order valence-electron chi connectivity index (χ1n) is 19.2. The van der Waals surface area contributed by atoms with E-state index in [1.165, 1.54) is 34.6 Å². The number of aromatic nitrogens is 2. The summed E-state index contributed by atoms with van der Waals surface area (Å²) < 4.78 is 54.3. The first kappa shape index (κ1) is 30.5. The number of ether oxygens (including phenoxy) is 1. The fraction of sp³-hybridized carbons (Fsp3) is 0.432. The second-order valence-electron chi connectivity index (χ2n) is 12.3. The minimum absolute atomic E-state index is 0.0148. The molecular formula is C37H48N6O5S2. The molecule has 4 rings (SSSR count). The van der Waals surface area contributed by atoms with Gasteiger partial charge in [-0.15, -0.1) is 22.7 Å². The summed E-state index contributed by atoms with van der Waals surface area (Å²) in [5.74, 6) is -3.19. The number of benzene rings is 2. The van der Waals surface area contributed by atoms with Crippen molar-refractivity contribution in [2.24, 2.45) is 5.92 Å². The molecule has 50 heavy (non-hydrogen) atoms. The third-order valence-corrected chi connectivity index (χ3v) is 9.74. The maximum Gasteiger partial charge on any atom is 0.407 e. The number of nitrogens with one attached hydrogen (secondary N) is 3. The van der Waals surface area contributed by atoms with Gasteiger partial charge in [0.05, 0.1) is 39.8 Å². The van der Waals surface area contributed by atoms with E-state index in [1.54, 1.807) is 47.4 Å². The Bertz CT molecular complexity index is 1820. The number of carbonyl (C=O) groups is 3. The normalized spacial score (nSPS) is 16.0. The van der Waals surface area contributed by atoms with Crippen LogP contribution in [0.4, 0.5) is 9.59 Å². The van der Waals surface area contributed by atoms with Crippen molar-refractivity contribution >= 4 is 40.7 Å². The van der Waals surface area contributed by atoms with Crippen LogP contribution >= 0.6 is 22.7 Å². The Morgan fingerprint density at radius 2 is 1.64 bits per heavy atom. The zero-order valence-corrected chi connectivity index (χ0v) is 29.9. The van der Waals surface area contributed by atoms with Crippen molar-refractivity contribution in [1.29, 1.82) is 0 Å². The van der Waals surface area contributed by atoms with Gasteiger partial charge in [-0.1, -0.05) is 88.2 Å². The number of urea groups is 1. The van der Waals surface area contributed by atoms with Crippen molar-refractivity contribution in [3.8, 4) is 0 Å². The number of alkyl carbamates (subject to hydrolysis) is 1. The van der Waals surface area contributed by atoms with Crippen LogP contribution in [-0.4, -0.2) is 69.3 Å². The quantitative estimate of drug-likeness (QED) is 0.106. The van der Waals surface area contributed by atoms with Crippen molar-refractivity contribution in [2.45, 2.75) is 90.1 Å². The molecule has 2 heterocycles. The Morgan fingerprint density at radius 1 is 0.960 bits per heavy atom. The van der Waals surface area contributed by atoms with E-state index in [9.17, 15) is 19.5 Å². The van der Waals surface area contributed by atoms with E-state index in [0.717, 1.165) is 21.0 Å². The van der Waals surface area contributed by atoms with Crippen LogP contribution in [0.15, 0.2) is 77.8 Å². The fourth-order valence-corrected chi connectivity index (χ4v) is 6.48. The van der Waals surface area contributed by atoms with Gasteiger partial charge in [-0.25, -0.2) is 14.6 Å². The van der Waals surface area contributed by atoms with Crippen molar-refractivity contribution in [3.05, 3.63) is 104 Å². The smallest absolute Gasteiger partial charge is 0.407 e. The van der Waals surface area contributed by atoms with E-state index in [-0.39, 0.29) is 38.3 Å². The molecule has 0 saturated heterocycles. The minimum atomic E-state index is -3.20. The van der Waals surface area contributed by atoms with Gasteiger partial charge in [-0.2, -0.15) is 0 Å². The molecule has 13 heteroatoms. The van der Waals surface area contributed by atoms with E-state index < -0.39 is 61.9 Å². The standard InChI is InChI=1S/C37H48N6O5S2/c1-24(2)33(42-36(46)43(5)20-29-22-49-35(40-29)25(3)4)34(45)39-28(16-26-12-8-6-9-13-26)18-32(44)31(17-27-14-10-7-11-15-27)41-37(47)48-21-30-19-38-23-50-30/h6-15,19,22-25,28,31-33,44H,16-18,20-21H2,1-5H3,(H,39,45)(H,41,47)(H,42,46)/t28-,31-,32-,33-/m0/s1/i1D3,2D3. The topological polar surface area (TPSA) is 146 Å². The van der Waals surface area contributed by atoms with Crippen LogP contribution in [0.25, 0.3) is 0 Å². The van der Waals surface area contributed by atoms with Crippen molar-refractivity contribution in [2.75, 3.05) is 7.05 Å². The van der Waals surface area contributed by atoms with E-state index in [0.29, 0.717) is 5.69 Å². The number of aliphatic hydroxyl groups excluding tert-OH is 1. The lowest BCUT2D eigenvalue weighted by Crippen LogP contribution is -2.55. The molecule has 4 aromatic rings. The highest BCUT2D eigenvalue weighted by Crippen LogP contribution is 2.20. The number of aliphatic hydroxyl groups is 1. The number of amides is 4. The van der Waals surface area contributed by atoms with E-state index in [4.69, 9.17) is 13.0 Å². The van der Waals surface area contributed by atoms with Gasteiger partial charge in [-0.05, 0) is 36.3 Å². The highest BCUT2D eigenvalue weighted by molar-refractivity contribution is 7.09. The summed E-state index contributed by atoms with van der Waals surface area (Å²) in [6.45, 7) is -2.44. The Hall–Kier alpha value is -4.33. The molecule has 2 aromatic carbocycles. The Kier molecular flexibility index (Phi) is 11.7. The summed E-state index contributed by atoms with van der Waals surface area (Å²) in [5, 5.41) is 22.3. The predicted octanol–water partition coefficient (Wildman–Crippen LogP) is 5.91. The number of hydrogen-bond donors (Lipinski definition) is 4. The molecule has 0 spiro atoms. The molecule has 0 radical (unpaired) electrons. The summed E-state index contributed by atoms with van der Waals surface area (Å²) in [5.41, 5.74) is 3.72. The Morgan fingerprint density at radius 3 is 2.24 bits per heavy atom. The first-order valence-corrected chi connectivity index (χ1v) is 18.0. The van der Waals surface area contributed by atoms with Gasteiger partial charge in [0.25, 0.3) is 0 Å². The van der Waals surface area contributed by atoms with Crippen LogP contribution in [-0.2, 0) is 35.5 Å². The largest absolute Gasteiger partial charge is 0.444 e. The second kappa shape index (κ2) is 19.2. The number of hydrogen-bond acceptors (Lipinski definition) is 9. The van der Waals surface area contributed by atoms with E-state index >= 15 is 0 Å². The lowest BCUT2D eigenvalue weighted by molar-refractivity contribution is -0.124. The molecule has 0 aliphatic rings. The molecular weight excluding hydrogens is 673 g/mol. The Labute approximate surface area is 310 Å². The molecule has 4 atom stereocenters. The van der Waals surface area contributed by atoms with Gasteiger partial charge in [0.15, 0.2) is 0 Å². The number of thiazole rings is 2. The van der Waals surface area contributed by atoms with Gasteiger partial charge in [0.2, 0.25) is 5.91 Å². The molecule has 0 aliphatic carbocycles. The van der Waals surface area contributed by atoms with Crippen molar-refractivity contribution in [1.82, 2.24) is 30.8 Å². The average Bonchev–Trinajstić information content (AvgIpc) is 3.83. The summed E-state index contributed by atoms with van der Waals surface area (Å²) in [6, 6.07) is 13.3. The zero-order chi connectivity index (χ0) is 41.0. The lowest BCUT2D eigenvalue weighted by Gasteiger charge is -2.30. The van der Waals surface area contributed by atoms with Crippen LogP contribution < -0.4 is 16.0 Å². The molecule has 4 N–H and O–H groups in total. The molecule has 11 nitrogen and oxygen atoms in total. The van der Waals surface area contributed by atoms with E-state index in [2.05, 4.69) is 25.9 Å². The molecule has 0 aliphatic heterocycles. The SMILES string of the molecule is [2H]C([2H])([2H])C([C@H](NC(=O)N(C)Cc1csc(C(C)C)n1)C(=O)N[C@@H](Cc1ccccc1)C[C@H](O)[C@H](Cc1ccccc1)NC(=O)OCc1cncs1)C([2H])([2H])[2H]. The molecule has 268 valence electrons. The maximum absolute atomic E-state index is 14.3. The minimum Gasteiger partial charge on any atom is -0.444 e. The lowest BCUT2D eigenvalue weighted by atomic mass is 9.93. The highest BCUT2D eigenvalue weighted by Gasteiger charge is 2.31. The zero-order valence-electron chi connectivity index (χ0n) is 34.2. The van der Waals surface area contributed by atoms with E-state index in [1.807, 2.05) is 44.2 Å². The summed E-state index contributed by atoms with van der Waals surface area (Å²) in [4.78, 5) is 51.2. The third-order valence-electron chi connectivity index (χ3n) is 7.80. The average molecular weight is 727 g/mol. The van der Waals surface area contributed by atoms with Crippen LogP contribution in [0.3, 0.4) is 0 Å². The van der Waals surface area contributed by atoms with Crippen LogP contribution in [0.1, 0.15) is 74.8 Å². The Balaban J connectivity index is 1.61. The van der Waals surface area contributed by atoms with Crippen LogP contribution in [0.5, 0.6) is 0 Å². The van der Waals surface area contributed by atoms with Gasteiger partial charge >= 0.3 is 12.1 Å². The number of nitrogens with zero attached hydrogens (tertiary/aromatic N) is 3. The molecule has 0 saturated carbocycles. The van der Waals surface area contributed by atoms with Crippen molar-refractivity contribution in [3.63, 3.8) is 0 Å². The summed E-state index contributed by atoms with van der Waals surface area (Å²) in [6.07, 6.45) is -0.356. The van der Waals surface area contributed by atoms with Gasteiger partial charge < -0.3 is 30.7 Å². The molecule has 0 bridgehead atoms. The van der Waals surface area contributed by atoms with Gasteiger partial charge in [0.1, 0.15) is 12.6 Å². The van der Waals surface area contributed by atoms with Crippen molar-refractivity contribution < 1.29 is 32.5 Å². The predicted molar refractivity (Wildman–Crippen MR) is 197 cm³/mol. The maximum atomic E-state index is 14.3. The van der Waals surface area contributed by atoms with Crippen LogP contribution in [0.2, 0.25) is 0 Å². The highest BCUT2D eigenvalue weighted by atomic mass is 32.1. The summed E-state index contributed by atoms with van der Waals surface area (Å²) in [7, 11) is 1.43. The first-order chi connectivity index (χ1) is 26.4. The third kappa shape index (κ3) is 12.2. The molecule has 0 fully saturated rings. The van der Waals surface area contributed by atoms with Crippen LogP contribution in [0, 0.1) is 5.92 Å². The molecule has 0 unspecified atom stereocenters. The fourth-order valence-electron chi connectivity index (χ4n) is 5.15. The summed E-state index contributed by atoms with van der Waals surface area (Å²) >= 11 is 2.74. The monoisotopic (exact) mass is 726 g/mol. The number of carbonyl (C=O) groups excluding carboxylic acids is 3. The molecule has 2 aromatic heterocycles.